The fourth-order valence-corrected chi connectivity index (χ4v) is 3.54. The molecule has 0 radical (unpaired) electrons. The van der Waals surface area contributed by atoms with Gasteiger partial charge in [0, 0.05) is 44.9 Å². The molecule has 3 N–H and O–H groups in total. The quantitative estimate of drug-likeness (QED) is 0.796. The van der Waals surface area contributed by atoms with Gasteiger partial charge in [0.1, 0.15) is 0 Å². The molecule has 2 saturated heterocycles. The molecule has 0 bridgehead atoms. The zero-order valence-corrected chi connectivity index (χ0v) is 14.9. The van der Waals surface area contributed by atoms with Gasteiger partial charge >= 0.3 is 0 Å². The van der Waals surface area contributed by atoms with Gasteiger partial charge in [-0.2, -0.15) is 0 Å². The van der Waals surface area contributed by atoms with E-state index in [9.17, 15) is 4.79 Å². The van der Waals surface area contributed by atoms with Crippen molar-refractivity contribution in [2.24, 2.45) is 17.1 Å². The summed E-state index contributed by atoms with van der Waals surface area (Å²) in [6, 6.07) is 1.07. The van der Waals surface area contributed by atoms with Gasteiger partial charge in [-0.3, -0.25) is 9.69 Å². The third-order valence-corrected chi connectivity index (χ3v) is 5.34. The summed E-state index contributed by atoms with van der Waals surface area (Å²) in [5, 5.41) is 3.29. The van der Waals surface area contributed by atoms with Gasteiger partial charge in [0.25, 0.3) is 0 Å². The number of amides is 1. The molecule has 0 aromatic carbocycles. The van der Waals surface area contributed by atoms with Crippen molar-refractivity contribution in [1.29, 1.82) is 0 Å². The summed E-state index contributed by atoms with van der Waals surface area (Å²) in [5.74, 6) is 0.687. The summed E-state index contributed by atoms with van der Waals surface area (Å²) < 4.78 is 5.38. The molecule has 3 aliphatic rings. The highest BCUT2D eigenvalue weighted by Gasteiger charge is 2.43. The van der Waals surface area contributed by atoms with Crippen LogP contribution in [0.25, 0.3) is 0 Å². The number of likely N-dealkylation sites (tertiary alicyclic amines) is 1. The highest BCUT2D eigenvalue weighted by atomic mass is 35.5. The molecule has 130 valence electrons. The summed E-state index contributed by atoms with van der Waals surface area (Å²) in [6.45, 7) is 6.10. The van der Waals surface area contributed by atoms with Crippen molar-refractivity contribution in [3.8, 4) is 0 Å². The maximum absolute atomic E-state index is 12.7. The molecule has 22 heavy (non-hydrogen) atoms. The van der Waals surface area contributed by atoms with E-state index in [4.69, 9.17) is 10.5 Å². The minimum absolute atomic E-state index is 0. The molecule has 2 unspecified atom stereocenters. The molecular weight excluding hydrogens is 325 g/mol. The SMILES string of the molecule is CC1CN(C2CC2)CC1NC(=O)C1(CN)CCOCC1.Cl.Cl. The molecule has 3 fully saturated rings. The van der Waals surface area contributed by atoms with Crippen LogP contribution in [0.2, 0.25) is 0 Å². The normalized spacial score (nSPS) is 31.0. The molecule has 1 aliphatic carbocycles. The zero-order chi connectivity index (χ0) is 14.2. The topological polar surface area (TPSA) is 67.6 Å². The molecule has 1 saturated carbocycles. The molecule has 0 aromatic rings. The van der Waals surface area contributed by atoms with E-state index in [1.807, 2.05) is 0 Å². The van der Waals surface area contributed by atoms with E-state index < -0.39 is 5.41 Å². The average Bonchev–Trinajstić information content (AvgIpc) is 3.25. The Kier molecular flexibility index (Phi) is 7.40. The number of hydrogen-bond donors (Lipinski definition) is 2. The fourth-order valence-electron chi connectivity index (χ4n) is 3.54. The van der Waals surface area contributed by atoms with Gasteiger partial charge in [-0.1, -0.05) is 6.92 Å². The Hall–Kier alpha value is -0.0700. The van der Waals surface area contributed by atoms with Crippen molar-refractivity contribution < 1.29 is 9.53 Å². The van der Waals surface area contributed by atoms with Crippen LogP contribution in [0, 0.1) is 11.3 Å². The Labute approximate surface area is 145 Å². The van der Waals surface area contributed by atoms with Gasteiger partial charge in [-0.15, -0.1) is 24.8 Å². The zero-order valence-electron chi connectivity index (χ0n) is 13.3. The van der Waals surface area contributed by atoms with Gasteiger partial charge in [0.05, 0.1) is 5.41 Å². The average molecular weight is 354 g/mol. The Balaban J connectivity index is 0.00000121. The number of halogens is 2. The van der Waals surface area contributed by atoms with Crippen molar-refractivity contribution in [3.63, 3.8) is 0 Å². The second-order valence-electron chi connectivity index (χ2n) is 6.84. The maximum atomic E-state index is 12.7. The number of nitrogens with zero attached hydrogens (tertiary/aromatic N) is 1. The van der Waals surface area contributed by atoms with Crippen molar-refractivity contribution in [2.45, 2.75) is 44.7 Å². The second kappa shape index (κ2) is 8.15. The lowest BCUT2D eigenvalue weighted by atomic mass is 9.79. The van der Waals surface area contributed by atoms with Crippen LogP contribution in [0.5, 0.6) is 0 Å². The molecule has 0 spiro atoms. The molecule has 5 nitrogen and oxygen atoms in total. The summed E-state index contributed by atoms with van der Waals surface area (Å²) >= 11 is 0. The number of ether oxygens (including phenoxy) is 1. The third-order valence-electron chi connectivity index (χ3n) is 5.34. The first-order valence-electron chi connectivity index (χ1n) is 7.97. The minimum atomic E-state index is -0.398. The van der Waals surface area contributed by atoms with Gasteiger partial charge in [-0.05, 0) is 31.6 Å². The third kappa shape index (κ3) is 4.06. The highest BCUT2D eigenvalue weighted by Crippen LogP contribution is 2.33. The molecule has 0 aromatic heterocycles. The molecule has 7 heteroatoms. The Morgan fingerprint density at radius 3 is 2.45 bits per heavy atom. The van der Waals surface area contributed by atoms with Crippen LogP contribution >= 0.6 is 24.8 Å². The van der Waals surface area contributed by atoms with E-state index in [2.05, 4.69) is 17.1 Å². The van der Waals surface area contributed by atoms with Crippen molar-refractivity contribution in [2.75, 3.05) is 32.8 Å². The van der Waals surface area contributed by atoms with Crippen LogP contribution in [0.3, 0.4) is 0 Å². The van der Waals surface area contributed by atoms with E-state index in [1.165, 1.54) is 12.8 Å². The number of rotatable bonds is 4. The van der Waals surface area contributed by atoms with Crippen LogP contribution in [0.4, 0.5) is 0 Å². The number of nitrogens with one attached hydrogen (secondary N) is 1. The minimum Gasteiger partial charge on any atom is -0.381 e. The first-order chi connectivity index (χ1) is 9.64. The lowest BCUT2D eigenvalue weighted by Crippen LogP contribution is -2.53. The van der Waals surface area contributed by atoms with Gasteiger partial charge in [0.2, 0.25) is 5.91 Å². The maximum Gasteiger partial charge on any atom is 0.227 e. The Bertz CT molecular complexity index is 374. The smallest absolute Gasteiger partial charge is 0.227 e. The predicted octanol–water partition coefficient (Wildman–Crippen LogP) is 1.18. The van der Waals surface area contributed by atoms with Crippen LogP contribution in [-0.2, 0) is 9.53 Å². The van der Waals surface area contributed by atoms with E-state index >= 15 is 0 Å². The van der Waals surface area contributed by atoms with Crippen LogP contribution in [0.15, 0.2) is 0 Å². The van der Waals surface area contributed by atoms with E-state index in [1.54, 1.807) is 0 Å². The molecule has 2 atom stereocenters. The molecule has 3 rings (SSSR count). The Morgan fingerprint density at radius 2 is 1.91 bits per heavy atom. The first kappa shape index (κ1) is 20.0. The van der Waals surface area contributed by atoms with E-state index in [0.29, 0.717) is 25.7 Å². The number of hydrogen-bond acceptors (Lipinski definition) is 4. The molecule has 2 aliphatic heterocycles. The Morgan fingerprint density at radius 1 is 1.27 bits per heavy atom. The lowest BCUT2D eigenvalue weighted by Gasteiger charge is -2.36. The largest absolute Gasteiger partial charge is 0.381 e. The van der Waals surface area contributed by atoms with Gasteiger partial charge < -0.3 is 15.8 Å². The van der Waals surface area contributed by atoms with E-state index in [0.717, 1.165) is 32.0 Å². The van der Waals surface area contributed by atoms with Gasteiger partial charge in [0.15, 0.2) is 0 Å². The molecular formula is C15H29Cl2N3O2. The number of carbonyl (C=O) groups excluding carboxylic acids is 1. The summed E-state index contributed by atoms with van der Waals surface area (Å²) in [5.41, 5.74) is 5.51. The number of nitrogens with two attached hydrogens (primary N) is 1. The summed E-state index contributed by atoms with van der Waals surface area (Å²) in [4.78, 5) is 15.2. The molecule has 1 amide bonds. The monoisotopic (exact) mass is 353 g/mol. The summed E-state index contributed by atoms with van der Waals surface area (Å²) in [6.07, 6.45) is 4.17. The van der Waals surface area contributed by atoms with Crippen LogP contribution < -0.4 is 11.1 Å². The van der Waals surface area contributed by atoms with Crippen molar-refractivity contribution in [3.05, 3.63) is 0 Å². The second-order valence-corrected chi connectivity index (χ2v) is 6.84. The van der Waals surface area contributed by atoms with Crippen LogP contribution in [0.1, 0.15) is 32.6 Å². The van der Waals surface area contributed by atoms with E-state index in [-0.39, 0.29) is 36.8 Å². The first-order valence-corrected chi connectivity index (χ1v) is 7.97. The van der Waals surface area contributed by atoms with Crippen LogP contribution in [-0.4, -0.2) is 55.7 Å². The molecule has 2 heterocycles. The predicted molar refractivity (Wildman–Crippen MR) is 91.7 cm³/mol. The van der Waals surface area contributed by atoms with Gasteiger partial charge in [-0.25, -0.2) is 0 Å². The standard InChI is InChI=1S/C15H27N3O2.2ClH/c1-11-8-18(12-2-3-12)9-13(11)17-14(19)15(10-16)4-6-20-7-5-15;;/h11-13H,2-10,16H2,1H3,(H,17,19);2*1H. The fraction of sp³-hybridized carbons (Fsp3) is 0.933. The highest BCUT2D eigenvalue weighted by molar-refractivity contribution is 5.85. The van der Waals surface area contributed by atoms with Crippen molar-refractivity contribution >= 4 is 30.7 Å². The lowest BCUT2D eigenvalue weighted by molar-refractivity contribution is -0.136. The van der Waals surface area contributed by atoms with Crippen molar-refractivity contribution in [1.82, 2.24) is 10.2 Å². The number of carbonyl (C=O) groups is 1. The summed E-state index contributed by atoms with van der Waals surface area (Å²) in [7, 11) is 0.